The summed E-state index contributed by atoms with van der Waals surface area (Å²) in [6, 6.07) is 7.94. The molecule has 0 saturated carbocycles. The normalized spacial score (nSPS) is 14.7. The third-order valence-corrected chi connectivity index (χ3v) is 4.42. The minimum Gasteiger partial charge on any atom is -0.322 e. The standard InChI is InChI=1S/C20H24FN5O3/c1-14-6-7-16(12-23-14)24-20(27)25-17-5-3-4-15(19(17)21)13-26-10-8-18(29-28-2)22-9-11-26/h3-7,12H,8-11,13H2,1-2H3,(H2,24,25,27). The summed E-state index contributed by atoms with van der Waals surface area (Å²) in [7, 11) is 1.44. The molecule has 0 aliphatic carbocycles. The number of nitrogens with one attached hydrogen (secondary N) is 2. The molecule has 0 spiro atoms. The van der Waals surface area contributed by atoms with Crippen molar-refractivity contribution in [3.63, 3.8) is 0 Å². The highest BCUT2D eigenvalue weighted by molar-refractivity contribution is 5.99. The summed E-state index contributed by atoms with van der Waals surface area (Å²) in [6.45, 7) is 4.15. The second kappa shape index (κ2) is 9.94. The number of aliphatic imine (C=N–C) groups is 1. The molecule has 1 aliphatic rings. The van der Waals surface area contributed by atoms with Crippen molar-refractivity contribution in [2.75, 3.05) is 37.4 Å². The molecule has 29 heavy (non-hydrogen) atoms. The number of nitrogens with zero attached hydrogens (tertiary/aromatic N) is 3. The minimum atomic E-state index is -0.531. The maximum Gasteiger partial charge on any atom is 0.323 e. The van der Waals surface area contributed by atoms with Crippen LogP contribution in [0.3, 0.4) is 0 Å². The van der Waals surface area contributed by atoms with Crippen LogP contribution in [-0.4, -0.2) is 48.6 Å². The second-order valence-electron chi connectivity index (χ2n) is 6.60. The zero-order chi connectivity index (χ0) is 20.6. The van der Waals surface area contributed by atoms with Gasteiger partial charge in [0.05, 0.1) is 31.2 Å². The lowest BCUT2D eigenvalue weighted by Crippen LogP contribution is -2.27. The number of carbonyl (C=O) groups excluding carboxylic acids is 1. The van der Waals surface area contributed by atoms with Crippen LogP contribution in [0.15, 0.2) is 41.5 Å². The molecule has 154 valence electrons. The number of amides is 2. The van der Waals surface area contributed by atoms with E-state index in [-0.39, 0.29) is 5.69 Å². The van der Waals surface area contributed by atoms with Crippen LogP contribution in [0.4, 0.5) is 20.6 Å². The van der Waals surface area contributed by atoms with E-state index in [4.69, 9.17) is 4.89 Å². The Balaban J connectivity index is 1.60. The molecule has 1 aliphatic heterocycles. The van der Waals surface area contributed by atoms with Crippen molar-refractivity contribution in [2.24, 2.45) is 4.99 Å². The number of benzene rings is 1. The molecule has 2 N–H and O–H groups in total. The van der Waals surface area contributed by atoms with Gasteiger partial charge in [0, 0.05) is 37.3 Å². The number of anilines is 2. The van der Waals surface area contributed by atoms with E-state index in [2.05, 4.69) is 30.4 Å². The van der Waals surface area contributed by atoms with Crippen LogP contribution in [-0.2, 0) is 16.3 Å². The van der Waals surface area contributed by atoms with Crippen molar-refractivity contribution in [2.45, 2.75) is 19.9 Å². The summed E-state index contributed by atoms with van der Waals surface area (Å²) in [5.41, 5.74) is 1.99. The first kappa shape index (κ1) is 20.7. The number of carbonyl (C=O) groups is 1. The molecule has 0 unspecified atom stereocenters. The largest absolute Gasteiger partial charge is 0.323 e. The van der Waals surface area contributed by atoms with E-state index in [1.54, 1.807) is 30.5 Å². The summed E-state index contributed by atoms with van der Waals surface area (Å²) < 4.78 is 14.9. The number of hydrogen-bond acceptors (Lipinski definition) is 6. The quantitative estimate of drug-likeness (QED) is 0.593. The first-order valence-corrected chi connectivity index (χ1v) is 9.29. The fourth-order valence-electron chi connectivity index (χ4n) is 2.95. The fraction of sp³-hybridized carbons (Fsp3) is 0.350. The lowest BCUT2D eigenvalue weighted by atomic mass is 10.1. The van der Waals surface area contributed by atoms with Crippen LogP contribution in [0.5, 0.6) is 0 Å². The number of halogens is 1. The van der Waals surface area contributed by atoms with Crippen molar-refractivity contribution in [3.8, 4) is 0 Å². The molecule has 3 rings (SSSR count). The Morgan fingerprint density at radius 1 is 1.24 bits per heavy atom. The van der Waals surface area contributed by atoms with E-state index in [1.807, 2.05) is 6.92 Å². The van der Waals surface area contributed by atoms with Crippen LogP contribution in [0.1, 0.15) is 17.7 Å². The van der Waals surface area contributed by atoms with Gasteiger partial charge in [-0.2, -0.15) is 4.89 Å². The van der Waals surface area contributed by atoms with Gasteiger partial charge in [0.2, 0.25) is 5.90 Å². The van der Waals surface area contributed by atoms with Crippen molar-refractivity contribution >= 4 is 23.3 Å². The van der Waals surface area contributed by atoms with Crippen LogP contribution in [0.2, 0.25) is 0 Å². The van der Waals surface area contributed by atoms with Gasteiger partial charge >= 0.3 is 6.03 Å². The summed E-state index contributed by atoms with van der Waals surface area (Å²) in [6.07, 6.45) is 2.13. The Morgan fingerprint density at radius 2 is 2.10 bits per heavy atom. The number of rotatable bonds is 5. The Kier molecular flexibility index (Phi) is 7.09. The average molecular weight is 401 g/mol. The number of urea groups is 1. The summed E-state index contributed by atoms with van der Waals surface area (Å²) in [5.74, 6) is 0.0800. The molecule has 2 amide bonds. The lowest BCUT2D eigenvalue weighted by molar-refractivity contribution is -0.196. The maximum atomic E-state index is 14.9. The first-order chi connectivity index (χ1) is 14.0. The van der Waals surface area contributed by atoms with E-state index in [1.165, 1.54) is 13.2 Å². The SMILES string of the molecule is COOC1=NCCN(Cc2cccc(NC(=O)Nc3ccc(C)nc3)c2F)CC1. The summed E-state index contributed by atoms with van der Waals surface area (Å²) >= 11 is 0. The molecule has 2 heterocycles. The van der Waals surface area contributed by atoms with E-state index in [0.717, 1.165) is 5.69 Å². The van der Waals surface area contributed by atoms with Gasteiger partial charge in [-0.3, -0.25) is 14.9 Å². The zero-order valence-corrected chi connectivity index (χ0v) is 16.4. The Hall–Kier alpha value is -3.04. The Morgan fingerprint density at radius 3 is 2.86 bits per heavy atom. The van der Waals surface area contributed by atoms with Crippen LogP contribution < -0.4 is 10.6 Å². The first-order valence-electron chi connectivity index (χ1n) is 9.29. The number of aromatic nitrogens is 1. The van der Waals surface area contributed by atoms with Crippen molar-refractivity contribution < 1.29 is 19.0 Å². The molecule has 0 fully saturated rings. The van der Waals surface area contributed by atoms with Gasteiger partial charge in [0.1, 0.15) is 0 Å². The molecular weight excluding hydrogens is 377 g/mol. The lowest BCUT2D eigenvalue weighted by Gasteiger charge is -2.20. The zero-order valence-electron chi connectivity index (χ0n) is 16.4. The highest BCUT2D eigenvalue weighted by atomic mass is 19.1. The molecule has 1 aromatic carbocycles. The maximum absolute atomic E-state index is 14.9. The molecule has 1 aromatic heterocycles. The van der Waals surface area contributed by atoms with Gasteiger partial charge in [-0.05, 0) is 25.1 Å². The van der Waals surface area contributed by atoms with Gasteiger partial charge in [-0.1, -0.05) is 12.1 Å². The molecule has 0 radical (unpaired) electrons. The molecular formula is C20H24FN5O3. The van der Waals surface area contributed by atoms with Gasteiger partial charge in [-0.15, -0.1) is 0 Å². The molecule has 9 heteroatoms. The smallest absolute Gasteiger partial charge is 0.322 e. The topological polar surface area (TPSA) is 88.1 Å². The number of hydrogen-bond donors (Lipinski definition) is 2. The second-order valence-corrected chi connectivity index (χ2v) is 6.60. The fourth-order valence-corrected chi connectivity index (χ4v) is 2.95. The van der Waals surface area contributed by atoms with Crippen molar-refractivity contribution in [1.29, 1.82) is 0 Å². The number of pyridine rings is 1. The molecule has 0 saturated heterocycles. The third kappa shape index (κ3) is 5.97. The van der Waals surface area contributed by atoms with Gasteiger partial charge in [-0.25, -0.2) is 9.18 Å². The van der Waals surface area contributed by atoms with Gasteiger partial charge in [0.25, 0.3) is 0 Å². The Labute approximate surface area is 168 Å². The van der Waals surface area contributed by atoms with E-state index >= 15 is 0 Å². The molecule has 2 aromatic rings. The number of aryl methyl sites for hydroxylation is 1. The highest BCUT2D eigenvalue weighted by Crippen LogP contribution is 2.20. The molecule has 0 atom stereocenters. The van der Waals surface area contributed by atoms with Gasteiger partial charge in [0.15, 0.2) is 5.82 Å². The summed E-state index contributed by atoms with van der Waals surface area (Å²) in [4.78, 5) is 32.3. The summed E-state index contributed by atoms with van der Waals surface area (Å²) in [5, 5.41) is 5.20. The van der Waals surface area contributed by atoms with E-state index < -0.39 is 11.8 Å². The molecule has 8 nitrogen and oxygen atoms in total. The van der Waals surface area contributed by atoms with E-state index in [0.29, 0.717) is 49.7 Å². The predicted molar refractivity (Wildman–Crippen MR) is 108 cm³/mol. The average Bonchev–Trinajstić information content (AvgIpc) is 2.92. The minimum absolute atomic E-state index is 0.120. The highest BCUT2D eigenvalue weighted by Gasteiger charge is 2.17. The van der Waals surface area contributed by atoms with Crippen molar-refractivity contribution in [1.82, 2.24) is 9.88 Å². The van der Waals surface area contributed by atoms with Crippen LogP contribution in [0, 0.1) is 12.7 Å². The molecule has 0 bridgehead atoms. The Bertz CT molecular complexity index is 873. The van der Waals surface area contributed by atoms with Crippen molar-refractivity contribution in [3.05, 3.63) is 53.6 Å². The van der Waals surface area contributed by atoms with Gasteiger partial charge < -0.3 is 15.5 Å². The van der Waals surface area contributed by atoms with Crippen LogP contribution in [0.25, 0.3) is 0 Å². The third-order valence-electron chi connectivity index (χ3n) is 4.42. The van der Waals surface area contributed by atoms with Crippen LogP contribution >= 0.6 is 0 Å². The van der Waals surface area contributed by atoms with E-state index in [9.17, 15) is 9.18 Å². The predicted octanol–water partition coefficient (Wildman–Crippen LogP) is 3.36. The monoisotopic (exact) mass is 401 g/mol.